The Hall–Kier alpha value is -2.77. The first-order chi connectivity index (χ1) is 10.1. The molecule has 0 aliphatic heterocycles. The van der Waals surface area contributed by atoms with E-state index >= 15 is 0 Å². The van der Waals surface area contributed by atoms with Gasteiger partial charge >= 0.3 is 0 Å². The third-order valence-corrected chi connectivity index (χ3v) is 3.02. The summed E-state index contributed by atoms with van der Waals surface area (Å²) in [7, 11) is 0. The van der Waals surface area contributed by atoms with Crippen molar-refractivity contribution in [3.63, 3.8) is 0 Å². The van der Waals surface area contributed by atoms with Gasteiger partial charge in [0.05, 0.1) is 4.92 Å². The van der Waals surface area contributed by atoms with Gasteiger partial charge in [0.2, 0.25) is 0 Å². The maximum Gasteiger partial charge on any atom is 0.270 e. The lowest BCUT2D eigenvalue weighted by Gasteiger charge is -2.07. The molecule has 8 heteroatoms. The van der Waals surface area contributed by atoms with Gasteiger partial charge in [0.1, 0.15) is 12.2 Å². The van der Waals surface area contributed by atoms with Gasteiger partial charge < -0.3 is 5.32 Å². The molecule has 2 rings (SSSR count). The standard InChI is InChI=1S/C13H15N5O3/c1-9-4-5-10(18(20)21)7-11(9)13(19)14-6-2-3-12-15-8-16-17-12/h4-5,7-8H,2-3,6H2,1H3,(H,14,19)(H,15,16,17). The number of hydrogen-bond acceptors (Lipinski definition) is 5. The zero-order valence-electron chi connectivity index (χ0n) is 11.5. The first-order valence-corrected chi connectivity index (χ1v) is 6.45. The number of hydrogen-bond donors (Lipinski definition) is 2. The fraction of sp³-hybridized carbons (Fsp3) is 0.308. The zero-order valence-corrected chi connectivity index (χ0v) is 11.5. The number of rotatable bonds is 6. The van der Waals surface area contributed by atoms with E-state index in [1.807, 2.05) is 0 Å². The number of carbonyl (C=O) groups excluding carboxylic acids is 1. The molecule has 0 aliphatic carbocycles. The molecule has 0 atom stereocenters. The molecule has 0 bridgehead atoms. The number of carbonyl (C=O) groups is 1. The Morgan fingerprint density at radius 3 is 2.95 bits per heavy atom. The van der Waals surface area contributed by atoms with Gasteiger partial charge in [-0.25, -0.2) is 4.98 Å². The van der Waals surface area contributed by atoms with Gasteiger partial charge in [0, 0.05) is 30.7 Å². The van der Waals surface area contributed by atoms with E-state index in [0.717, 1.165) is 5.82 Å². The Morgan fingerprint density at radius 2 is 2.29 bits per heavy atom. The summed E-state index contributed by atoms with van der Waals surface area (Å²) in [6.07, 6.45) is 2.81. The molecule has 1 heterocycles. The summed E-state index contributed by atoms with van der Waals surface area (Å²) >= 11 is 0. The number of nitrogens with one attached hydrogen (secondary N) is 2. The second kappa shape index (κ2) is 6.60. The molecule has 0 saturated heterocycles. The Balaban J connectivity index is 1.90. The summed E-state index contributed by atoms with van der Waals surface area (Å²) in [5, 5.41) is 20.0. The number of non-ortho nitro benzene ring substituents is 1. The quantitative estimate of drug-likeness (QED) is 0.474. The predicted octanol–water partition coefficient (Wildman–Crippen LogP) is 1.38. The van der Waals surface area contributed by atoms with E-state index in [9.17, 15) is 14.9 Å². The number of nitro groups is 1. The second-order valence-electron chi connectivity index (χ2n) is 4.55. The fourth-order valence-electron chi connectivity index (χ4n) is 1.87. The molecule has 0 unspecified atom stereocenters. The summed E-state index contributed by atoms with van der Waals surface area (Å²) in [6, 6.07) is 4.25. The summed E-state index contributed by atoms with van der Waals surface area (Å²) in [5.74, 6) is 0.449. The van der Waals surface area contributed by atoms with Gasteiger partial charge in [0.25, 0.3) is 11.6 Å². The molecule has 0 aliphatic rings. The lowest BCUT2D eigenvalue weighted by molar-refractivity contribution is -0.384. The van der Waals surface area contributed by atoms with Crippen LogP contribution in [0.4, 0.5) is 5.69 Å². The minimum absolute atomic E-state index is 0.0904. The third-order valence-electron chi connectivity index (χ3n) is 3.02. The topological polar surface area (TPSA) is 114 Å². The van der Waals surface area contributed by atoms with Crippen LogP contribution in [0.1, 0.15) is 28.2 Å². The van der Waals surface area contributed by atoms with Gasteiger partial charge in [-0.1, -0.05) is 6.07 Å². The number of nitro benzene ring substituents is 1. The lowest BCUT2D eigenvalue weighted by atomic mass is 10.1. The maximum absolute atomic E-state index is 12.0. The molecular weight excluding hydrogens is 274 g/mol. The lowest BCUT2D eigenvalue weighted by Crippen LogP contribution is -2.25. The molecular formula is C13H15N5O3. The number of amides is 1. The second-order valence-corrected chi connectivity index (χ2v) is 4.55. The van der Waals surface area contributed by atoms with Crippen molar-refractivity contribution >= 4 is 11.6 Å². The summed E-state index contributed by atoms with van der Waals surface area (Å²) in [5.41, 5.74) is 0.935. The summed E-state index contributed by atoms with van der Waals surface area (Å²) < 4.78 is 0. The van der Waals surface area contributed by atoms with Crippen LogP contribution in [0.25, 0.3) is 0 Å². The summed E-state index contributed by atoms with van der Waals surface area (Å²) in [6.45, 7) is 2.20. The van der Waals surface area contributed by atoms with E-state index in [1.165, 1.54) is 18.5 Å². The monoisotopic (exact) mass is 289 g/mol. The number of nitrogens with zero attached hydrogens (tertiary/aromatic N) is 3. The molecule has 0 radical (unpaired) electrons. The third kappa shape index (κ3) is 3.85. The first kappa shape index (κ1) is 14.6. The van der Waals surface area contributed by atoms with Crippen LogP contribution in [0.3, 0.4) is 0 Å². The average molecular weight is 289 g/mol. The summed E-state index contributed by atoms with van der Waals surface area (Å²) in [4.78, 5) is 26.2. The van der Waals surface area contributed by atoms with E-state index < -0.39 is 4.92 Å². The fourth-order valence-corrected chi connectivity index (χ4v) is 1.87. The van der Waals surface area contributed by atoms with Gasteiger partial charge in [0.15, 0.2) is 0 Å². The average Bonchev–Trinajstić information content (AvgIpc) is 2.96. The van der Waals surface area contributed by atoms with Crippen LogP contribution in [-0.2, 0) is 6.42 Å². The molecule has 0 fully saturated rings. The van der Waals surface area contributed by atoms with Gasteiger partial charge in [-0.2, -0.15) is 5.10 Å². The van der Waals surface area contributed by atoms with Crippen molar-refractivity contribution in [3.8, 4) is 0 Å². The SMILES string of the molecule is Cc1ccc([N+](=O)[O-])cc1C(=O)NCCCc1ncn[nH]1. The van der Waals surface area contributed by atoms with Crippen LogP contribution >= 0.6 is 0 Å². The van der Waals surface area contributed by atoms with E-state index in [2.05, 4.69) is 20.5 Å². The Bertz CT molecular complexity index is 639. The van der Waals surface area contributed by atoms with Crippen LogP contribution in [0, 0.1) is 17.0 Å². The van der Waals surface area contributed by atoms with Crippen molar-refractivity contribution in [3.05, 3.63) is 51.6 Å². The van der Waals surface area contributed by atoms with Crippen LogP contribution in [-0.4, -0.2) is 32.6 Å². The molecule has 2 aromatic rings. The maximum atomic E-state index is 12.0. The number of aromatic nitrogens is 3. The Kier molecular flexibility index (Phi) is 4.60. The Labute approximate surface area is 120 Å². The first-order valence-electron chi connectivity index (χ1n) is 6.45. The van der Waals surface area contributed by atoms with E-state index in [1.54, 1.807) is 13.0 Å². The van der Waals surface area contributed by atoms with Gasteiger partial charge in [-0.15, -0.1) is 0 Å². The Morgan fingerprint density at radius 1 is 1.48 bits per heavy atom. The van der Waals surface area contributed by atoms with Crippen molar-refractivity contribution < 1.29 is 9.72 Å². The van der Waals surface area contributed by atoms with E-state index in [4.69, 9.17) is 0 Å². The number of aromatic amines is 1. The number of H-pyrrole nitrogens is 1. The van der Waals surface area contributed by atoms with Crippen molar-refractivity contribution in [2.24, 2.45) is 0 Å². The molecule has 8 nitrogen and oxygen atoms in total. The predicted molar refractivity (Wildman–Crippen MR) is 74.9 cm³/mol. The molecule has 2 N–H and O–H groups in total. The van der Waals surface area contributed by atoms with Crippen molar-refractivity contribution in [1.82, 2.24) is 20.5 Å². The van der Waals surface area contributed by atoms with Gasteiger partial charge in [-0.3, -0.25) is 20.0 Å². The normalized spacial score (nSPS) is 10.3. The van der Waals surface area contributed by atoms with E-state index in [-0.39, 0.29) is 11.6 Å². The number of benzene rings is 1. The molecule has 1 amide bonds. The van der Waals surface area contributed by atoms with Crippen LogP contribution in [0.2, 0.25) is 0 Å². The highest BCUT2D eigenvalue weighted by atomic mass is 16.6. The highest BCUT2D eigenvalue weighted by Crippen LogP contribution is 2.17. The van der Waals surface area contributed by atoms with E-state index in [0.29, 0.717) is 30.5 Å². The molecule has 0 saturated carbocycles. The minimum atomic E-state index is -0.514. The molecule has 1 aromatic heterocycles. The minimum Gasteiger partial charge on any atom is -0.352 e. The zero-order chi connectivity index (χ0) is 15.2. The number of aryl methyl sites for hydroxylation is 2. The molecule has 0 spiro atoms. The largest absolute Gasteiger partial charge is 0.352 e. The highest BCUT2D eigenvalue weighted by Gasteiger charge is 2.14. The highest BCUT2D eigenvalue weighted by molar-refractivity contribution is 5.96. The smallest absolute Gasteiger partial charge is 0.270 e. The molecule has 110 valence electrons. The van der Waals surface area contributed by atoms with Gasteiger partial charge in [-0.05, 0) is 18.9 Å². The van der Waals surface area contributed by atoms with Crippen LogP contribution in [0.5, 0.6) is 0 Å². The molecule has 1 aromatic carbocycles. The van der Waals surface area contributed by atoms with Crippen molar-refractivity contribution in [1.29, 1.82) is 0 Å². The van der Waals surface area contributed by atoms with Crippen LogP contribution < -0.4 is 5.32 Å². The van der Waals surface area contributed by atoms with Crippen molar-refractivity contribution in [2.45, 2.75) is 19.8 Å². The van der Waals surface area contributed by atoms with Crippen LogP contribution in [0.15, 0.2) is 24.5 Å². The molecule has 21 heavy (non-hydrogen) atoms. The van der Waals surface area contributed by atoms with Crippen molar-refractivity contribution in [2.75, 3.05) is 6.54 Å².